The normalized spacial score (nSPS) is 11.8. The largest absolute Gasteiger partial charge is 0.494 e. The lowest BCUT2D eigenvalue weighted by Crippen LogP contribution is -2.20. The monoisotopic (exact) mass is 375 g/mol. The van der Waals surface area contributed by atoms with Crippen molar-refractivity contribution < 1.29 is 31.5 Å². The van der Waals surface area contributed by atoms with Crippen LogP contribution >= 0.6 is 11.6 Å². The van der Waals surface area contributed by atoms with Crippen LogP contribution in [0.2, 0.25) is 5.15 Å². The maximum Gasteiger partial charge on any atom is 0.335 e. The molecule has 2 aromatic heterocycles. The van der Waals surface area contributed by atoms with Crippen LogP contribution in [0.3, 0.4) is 0 Å². The predicted octanol–water partition coefficient (Wildman–Crippen LogP) is 4.92. The van der Waals surface area contributed by atoms with Gasteiger partial charge in [0.1, 0.15) is 10.7 Å². The van der Waals surface area contributed by atoms with Crippen LogP contribution in [0.25, 0.3) is 11.0 Å². The van der Waals surface area contributed by atoms with E-state index in [1.807, 2.05) is 0 Å². The van der Waals surface area contributed by atoms with Crippen LogP contribution in [-0.4, -0.2) is 19.2 Å². The fourth-order valence-corrected chi connectivity index (χ4v) is 2.52. The first-order chi connectivity index (χ1) is 11.8. The van der Waals surface area contributed by atoms with Crippen molar-refractivity contribution in [3.8, 4) is 11.5 Å². The van der Waals surface area contributed by atoms with Gasteiger partial charge in [0.15, 0.2) is 34.5 Å². The Labute approximate surface area is 143 Å². The van der Waals surface area contributed by atoms with Crippen molar-refractivity contribution in [1.82, 2.24) is 4.98 Å². The molecular formula is C16H10ClF4NO3. The SMILES string of the molecule is COc1cc(OC)c(F)c(C(F)(F)c2cc3cc(Cl)ncc3o2)c1F. The molecular weight excluding hydrogens is 366 g/mol. The minimum Gasteiger partial charge on any atom is -0.494 e. The number of methoxy groups -OCH3 is 2. The van der Waals surface area contributed by atoms with E-state index in [9.17, 15) is 17.6 Å². The van der Waals surface area contributed by atoms with E-state index in [-0.39, 0.29) is 16.1 Å². The summed E-state index contributed by atoms with van der Waals surface area (Å²) in [5, 5.41) is 0.272. The number of benzene rings is 1. The molecule has 132 valence electrons. The fourth-order valence-electron chi connectivity index (χ4n) is 2.36. The average molecular weight is 376 g/mol. The van der Waals surface area contributed by atoms with E-state index in [0.717, 1.165) is 32.5 Å². The highest BCUT2D eigenvalue weighted by Gasteiger charge is 2.45. The second-order valence-electron chi connectivity index (χ2n) is 5.01. The van der Waals surface area contributed by atoms with Crippen molar-refractivity contribution >= 4 is 22.6 Å². The smallest absolute Gasteiger partial charge is 0.335 e. The quantitative estimate of drug-likeness (QED) is 0.480. The number of pyridine rings is 1. The first kappa shape index (κ1) is 17.3. The van der Waals surface area contributed by atoms with Gasteiger partial charge in [0.25, 0.3) is 0 Å². The highest BCUT2D eigenvalue weighted by Crippen LogP contribution is 2.45. The van der Waals surface area contributed by atoms with Crippen molar-refractivity contribution in [2.45, 2.75) is 5.92 Å². The molecule has 0 aliphatic heterocycles. The molecule has 0 saturated heterocycles. The molecule has 0 aliphatic rings. The Morgan fingerprint density at radius 1 is 1.04 bits per heavy atom. The fraction of sp³-hybridized carbons (Fsp3) is 0.188. The van der Waals surface area contributed by atoms with Crippen molar-refractivity contribution in [3.63, 3.8) is 0 Å². The first-order valence-corrected chi connectivity index (χ1v) is 7.21. The van der Waals surface area contributed by atoms with Gasteiger partial charge >= 0.3 is 5.92 Å². The Balaban J connectivity index is 2.25. The second kappa shape index (κ2) is 6.11. The molecule has 4 nitrogen and oxygen atoms in total. The van der Waals surface area contributed by atoms with Gasteiger partial charge in [0.05, 0.1) is 20.4 Å². The molecule has 3 aromatic rings. The summed E-state index contributed by atoms with van der Waals surface area (Å²) >= 11 is 5.70. The second-order valence-corrected chi connectivity index (χ2v) is 5.40. The summed E-state index contributed by atoms with van der Waals surface area (Å²) in [6, 6.07) is 3.07. The van der Waals surface area contributed by atoms with Gasteiger partial charge in [-0.25, -0.2) is 13.8 Å². The number of nitrogens with zero attached hydrogens (tertiary/aromatic N) is 1. The molecule has 0 fully saturated rings. The van der Waals surface area contributed by atoms with E-state index in [2.05, 4.69) is 14.5 Å². The third-order valence-corrected chi connectivity index (χ3v) is 3.77. The maximum atomic E-state index is 14.8. The summed E-state index contributed by atoms with van der Waals surface area (Å²) in [6.45, 7) is 0. The van der Waals surface area contributed by atoms with Gasteiger partial charge in [-0.3, -0.25) is 0 Å². The number of halogens is 5. The third kappa shape index (κ3) is 2.76. The van der Waals surface area contributed by atoms with Crippen LogP contribution in [0.5, 0.6) is 11.5 Å². The topological polar surface area (TPSA) is 44.5 Å². The average Bonchev–Trinajstić information content (AvgIpc) is 2.99. The van der Waals surface area contributed by atoms with Crippen molar-refractivity contribution in [1.29, 1.82) is 0 Å². The molecule has 25 heavy (non-hydrogen) atoms. The molecule has 0 atom stereocenters. The Hall–Kier alpha value is -2.48. The van der Waals surface area contributed by atoms with E-state index >= 15 is 0 Å². The van der Waals surface area contributed by atoms with Crippen LogP contribution in [0.15, 0.2) is 28.8 Å². The molecule has 9 heteroatoms. The summed E-state index contributed by atoms with van der Waals surface area (Å²) in [6.07, 6.45) is 1.14. The van der Waals surface area contributed by atoms with Crippen LogP contribution in [-0.2, 0) is 5.92 Å². The van der Waals surface area contributed by atoms with Gasteiger partial charge < -0.3 is 13.9 Å². The zero-order valence-electron chi connectivity index (χ0n) is 12.9. The maximum absolute atomic E-state index is 14.8. The van der Waals surface area contributed by atoms with Gasteiger partial charge in [-0.1, -0.05) is 11.6 Å². The molecule has 0 amide bonds. The van der Waals surface area contributed by atoms with Gasteiger partial charge in [0.2, 0.25) is 0 Å². The molecule has 0 radical (unpaired) electrons. The summed E-state index contributed by atoms with van der Waals surface area (Å²) in [5.41, 5.74) is -1.54. The van der Waals surface area contributed by atoms with Gasteiger partial charge in [-0.2, -0.15) is 8.78 Å². The van der Waals surface area contributed by atoms with E-state index in [1.165, 1.54) is 6.07 Å². The molecule has 0 spiro atoms. The number of ether oxygens (including phenoxy) is 2. The minimum absolute atomic E-state index is 0.00486. The van der Waals surface area contributed by atoms with Crippen LogP contribution in [0.4, 0.5) is 17.6 Å². The van der Waals surface area contributed by atoms with Crippen LogP contribution in [0, 0.1) is 11.6 Å². The number of hydrogen-bond donors (Lipinski definition) is 0. The summed E-state index contributed by atoms with van der Waals surface area (Å²) in [4.78, 5) is 3.70. The first-order valence-electron chi connectivity index (χ1n) is 6.83. The molecule has 0 N–H and O–H groups in total. The van der Waals surface area contributed by atoms with Gasteiger partial charge in [-0.05, 0) is 12.1 Å². The molecule has 0 saturated carbocycles. The predicted molar refractivity (Wildman–Crippen MR) is 81.5 cm³/mol. The van der Waals surface area contributed by atoms with E-state index in [4.69, 9.17) is 16.0 Å². The molecule has 2 heterocycles. The lowest BCUT2D eigenvalue weighted by atomic mass is 10.0. The van der Waals surface area contributed by atoms with Gasteiger partial charge in [0, 0.05) is 11.5 Å². The lowest BCUT2D eigenvalue weighted by Gasteiger charge is -2.18. The van der Waals surface area contributed by atoms with Crippen molar-refractivity contribution in [2.75, 3.05) is 14.2 Å². The van der Waals surface area contributed by atoms with E-state index < -0.39 is 40.4 Å². The number of furan rings is 1. The highest BCUT2D eigenvalue weighted by molar-refractivity contribution is 6.30. The van der Waals surface area contributed by atoms with Gasteiger partial charge in [-0.15, -0.1) is 0 Å². The Morgan fingerprint density at radius 2 is 1.64 bits per heavy atom. The number of aromatic nitrogens is 1. The summed E-state index contributed by atoms with van der Waals surface area (Å²) in [5.74, 6) is -9.39. The zero-order chi connectivity index (χ0) is 18.4. The number of rotatable bonds is 4. The summed E-state index contributed by atoms with van der Waals surface area (Å²) < 4.78 is 72.8. The van der Waals surface area contributed by atoms with Crippen LogP contribution in [0.1, 0.15) is 11.3 Å². The Morgan fingerprint density at radius 3 is 2.20 bits per heavy atom. The Kier molecular flexibility index (Phi) is 4.24. The molecule has 1 aromatic carbocycles. The molecule has 0 unspecified atom stereocenters. The van der Waals surface area contributed by atoms with E-state index in [1.54, 1.807) is 0 Å². The standard InChI is InChI=1S/C16H10ClF4NO3/c1-23-8-5-9(24-2)15(19)13(14(8)18)16(20,21)11-3-7-4-12(17)22-6-10(7)25-11/h3-6H,1-2H3. The summed E-state index contributed by atoms with van der Waals surface area (Å²) in [7, 11) is 2.12. The third-order valence-electron chi connectivity index (χ3n) is 3.57. The molecule has 0 aliphatic carbocycles. The number of hydrogen-bond acceptors (Lipinski definition) is 4. The zero-order valence-corrected chi connectivity index (χ0v) is 13.6. The van der Waals surface area contributed by atoms with Crippen LogP contribution < -0.4 is 9.47 Å². The van der Waals surface area contributed by atoms with Crippen molar-refractivity contribution in [2.24, 2.45) is 0 Å². The lowest BCUT2D eigenvalue weighted by molar-refractivity contribution is 0.0122. The Bertz CT molecular complexity index is 930. The highest BCUT2D eigenvalue weighted by atomic mass is 35.5. The minimum atomic E-state index is -4.14. The number of fused-ring (bicyclic) bond motifs is 1. The number of alkyl halides is 2. The molecule has 0 bridgehead atoms. The molecule has 3 rings (SSSR count). The van der Waals surface area contributed by atoms with Crippen molar-refractivity contribution in [3.05, 3.63) is 52.5 Å². The van der Waals surface area contributed by atoms with E-state index in [0.29, 0.717) is 0 Å².